The summed E-state index contributed by atoms with van der Waals surface area (Å²) < 4.78 is 3.14. The highest BCUT2D eigenvalue weighted by molar-refractivity contribution is 6.67. The van der Waals surface area contributed by atoms with E-state index >= 15 is 0 Å². The lowest BCUT2D eigenvalue weighted by atomic mass is 10.1. The van der Waals surface area contributed by atoms with Gasteiger partial charge in [0, 0.05) is 6.54 Å². The van der Waals surface area contributed by atoms with Crippen LogP contribution in [0.25, 0.3) is 0 Å². The van der Waals surface area contributed by atoms with Crippen LogP contribution in [0.3, 0.4) is 0 Å². The molecule has 2 atom stereocenters. The van der Waals surface area contributed by atoms with Crippen molar-refractivity contribution in [2.45, 2.75) is 21.7 Å². The van der Waals surface area contributed by atoms with Crippen LogP contribution in [0.15, 0.2) is 0 Å². The van der Waals surface area contributed by atoms with Crippen molar-refractivity contribution in [3.63, 3.8) is 0 Å². The number of carbonyl (C=O) groups excluding carboxylic acids is 1. The fourth-order valence-electron chi connectivity index (χ4n) is 1.30. The molecule has 16 heavy (non-hydrogen) atoms. The minimum atomic E-state index is -1.63. The zero-order valence-corrected chi connectivity index (χ0v) is 11.2. The van der Waals surface area contributed by atoms with Crippen molar-refractivity contribution in [2.75, 3.05) is 19.7 Å². The van der Waals surface area contributed by atoms with Crippen LogP contribution in [-0.2, 0) is 4.74 Å². The summed E-state index contributed by atoms with van der Waals surface area (Å²) in [5.41, 5.74) is 0. The number of alkyl halides is 4. The first-order chi connectivity index (χ1) is 7.29. The van der Waals surface area contributed by atoms with E-state index in [2.05, 4.69) is 0 Å². The average molecular weight is 311 g/mol. The highest BCUT2D eigenvalue weighted by atomic mass is 35.6. The van der Waals surface area contributed by atoms with E-state index in [-0.39, 0.29) is 18.5 Å². The molecule has 1 heterocycles. The van der Waals surface area contributed by atoms with Crippen molar-refractivity contribution in [3.05, 3.63) is 0 Å². The zero-order chi connectivity index (χ0) is 12.3. The molecule has 8 heteroatoms. The van der Waals surface area contributed by atoms with E-state index in [1.807, 2.05) is 0 Å². The van der Waals surface area contributed by atoms with Gasteiger partial charge >= 0.3 is 6.09 Å². The van der Waals surface area contributed by atoms with Gasteiger partial charge < -0.3 is 14.7 Å². The van der Waals surface area contributed by atoms with Crippen molar-refractivity contribution in [1.29, 1.82) is 0 Å². The smallest absolute Gasteiger partial charge is 0.409 e. The maximum Gasteiger partial charge on any atom is 0.409 e. The summed E-state index contributed by atoms with van der Waals surface area (Å²) in [6, 6.07) is 0. The molecule has 1 aliphatic heterocycles. The van der Waals surface area contributed by atoms with Crippen LogP contribution < -0.4 is 0 Å². The minimum absolute atomic E-state index is 0.132. The fourth-order valence-corrected chi connectivity index (χ4v) is 1.64. The second-order valence-electron chi connectivity index (χ2n) is 3.49. The van der Waals surface area contributed by atoms with E-state index in [0.29, 0.717) is 13.0 Å². The van der Waals surface area contributed by atoms with E-state index in [0.717, 1.165) is 0 Å². The summed E-state index contributed by atoms with van der Waals surface area (Å²) >= 11 is 22.1. The van der Waals surface area contributed by atoms with Gasteiger partial charge in [0.1, 0.15) is 6.61 Å². The number of halogens is 4. The van der Waals surface area contributed by atoms with Crippen molar-refractivity contribution in [3.8, 4) is 0 Å². The quantitative estimate of drug-likeness (QED) is 0.755. The lowest BCUT2D eigenvalue weighted by Gasteiger charge is -2.32. The molecular formula is C8H11Cl4NO3. The van der Waals surface area contributed by atoms with E-state index in [4.69, 9.17) is 51.1 Å². The molecule has 0 unspecified atom stereocenters. The molecule has 94 valence electrons. The maximum absolute atomic E-state index is 11.5. The van der Waals surface area contributed by atoms with E-state index in [9.17, 15) is 9.90 Å². The van der Waals surface area contributed by atoms with Gasteiger partial charge in [0.05, 0.1) is 18.0 Å². The zero-order valence-electron chi connectivity index (χ0n) is 8.21. The summed E-state index contributed by atoms with van der Waals surface area (Å²) in [4.78, 5) is 12.8. The maximum atomic E-state index is 11.5. The Hall–Kier alpha value is 0.390. The van der Waals surface area contributed by atoms with E-state index in [1.54, 1.807) is 0 Å². The summed E-state index contributed by atoms with van der Waals surface area (Å²) in [6.07, 6.45) is -0.865. The van der Waals surface area contributed by atoms with Crippen LogP contribution in [0, 0.1) is 0 Å². The molecule has 0 spiro atoms. The van der Waals surface area contributed by atoms with Gasteiger partial charge in [-0.25, -0.2) is 4.79 Å². The van der Waals surface area contributed by atoms with E-state index < -0.39 is 16.0 Å². The topological polar surface area (TPSA) is 49.8 Å². The third-order valence-corrected chi connectivity index (χ3v) is 2.95. The van der Waals surface area contributed by atoms with Gasteiger partial charge in [0.2, 0.25) is 3.79 Å². The van der Waals surface area contributed by atoms with Crippen LogP contribution in [0.1, 0.15) is 6.42 Å². The molecule has 0 aliphatic carbocycles. The number of carbonyl (C=O) groups is 1. The molecule has 0 aromatic carbocycles. The number of likely N-dealkylation sites (tertiary alicyclic amines) is 1. The number of nitrogens with zero attached hydrogens (tertiary/aromatic N) is 1. The van der Waals surface area contributed by atoms with Crippen molar-refractivity contribution < 1.29 is 14.6 Å². The largest absolute Gasteiger partial charge is 0.445 e. The highest BCUT2D eigenvalue weighted by Crippen LogP contribution is 2.26. The lowest BCUT2D eigenvalue weighted by Crippen LogP contribution is -2.47. The van der Waals surface area contributed by atoms with Crippen molar-refractivity contribution in [2.24, 2.45) is 0 Å². The number of ether oxygens (including phenoxy) is 1. The highest BCUT2D eigenvalue weighted by Gasteiger charge is 2.31. The van der Waals surface area contributed by atoms with Crippen LogP contribution in [-0.4, -0.2) is 51.1 Å². The van der Waals surface area contributed by atoms with Gasteiger partial charge in [-0.05, 0) is 6.42 Å². The monoisotopic (exact) mass is 309 g/mol. The second-order valence-corrected chi connectivity index (χ2v) is 6.56. The van der Waals surface area contributed by atoms with Gasteiger partial charge in [-0.3, -0.25) is 0 Å². The Kier molecular flexibility index (Phi) is 5.26. The lowest BCUT2D eigenvalue weighted by molar-refractivity contribution is 0.0521. The summed E-state index contributed by atoms with van der Waals surface area (Å²) in [6.45, 7) is 0.226. The normalized spacial score (nSPS) is 26.7. The fraction of sp³-hybridized carbons (Fsp3) is 0.875. The minimum Gasteiger partial charge on any atom is -0.445 e. The molecule has 4 nitrogen and oxygen atoms in total. The third kappa shape index (κ3) is 4.72. The Balaban J connectivity index is 2.38. The first-order valence-corrected chi connectivity index (χ1v) is 6.17. The Bertz CT molecular complexity index is 258. The van der Waals surface area contributed by atoms with Crippen LogP contribution in [0.5, 0.6) is 0 Å². The summed E-state index contributed by atoms with van der Waals surface area (Å²) in [7, 11) is 0. The number of aliphatic hydroxyl groups is 1. The van der Waals surface area contributed by atoms with Crippen LogP contribution in [0.4, 0.5) is 4.79 Å². The van der Waals surface area contributed by atoms with E-state index in [1.165, 1.54) is 4.90 Å². The standard InChI is InChI=1S/C8H11Cl4NO3/c9-5-1-2-13(3-6(5)14)7(15)16-4-8(10,11)12/h5-6,14H,1-4H2/t5-,6-/m0/s1. The Labute approximate surface area is 113 Å². The summed E-state index contributed by atoms with van der Waals surface area (Å²) in [5.74, 6) is 0. The average Bonchev–Trinajstić information content (AvgIpc) is 2.17. The number of β-amino-alcohol motifs (C(OH)–C–C–N with tert-alkyl or cyclic N) is 1. The molecule has 1 fully saturated rings. The number of hydrogen-bond donors (Lipinski definition) is 1. The number of aliphatic hydroxyl groups excluding tert-OH is 1. The predicted molar refractivity (Wildman–Crippen MR) is 63.5 cm³/mol. The predicted octanol–water partition coefficient (Wildman–Crippen LogP) is 2.17. The van der Waals surface area contributed by atoms with Crippen LogP contribution in [0.2, 0.25) is 0 Å². The number of amides is 1. The first kappa shape index (κ1) is 14.5. The first-order valence-electron chi connectivity index (χ1n) is 4.60. The second kappa shape index (κ2) is 5.83. The Morgan fingerprint density at radius 1 is 1.50 bits per heavy atom. The molecule has 1 saturated heterocycles. The number of rotatable bonds is 1. The molecule has 1 rings (SSSR count). The van der Waals surface area contributed by atoms with Crippen molar-refractivity contribution in [1.82, 2.24) is 4.90 Å². The molecule has 0 aromatic heterocycles. The summed E-state index contributed by atoms with van der Waals surface area (Å²) in [5, 5.41) is 9.13. The number of piperidine rings is 1. The van der Waals surface area contributed by atoms with Crippen molar-refractivity contribution >= 4 is 52.5 Å². The van der Waals surface area contributed by atoms with Crippen LogP contribution >= 0.6 is 46.4 Å². The third-order valence-electron chi connectivity index (χ3n) is 2.12. The Morgan fingerprint density at radius 2 is 2.12 bits per heavy atom. The Morgan fingerprint density at radius 3 is 2.62 bits per heavy atom. The van der Waals surface area contributed by atoms with Gasteiger partial charge in [-0.15, -0.1) is 11.6 Å². The molecule has 0 saturated carbocycles. The molecule has 1 N–H and O–H groups in total. The number of hydrogen-bond acceptors (Lipinski definition) is 3. The molecule has 0 radical (unpaired) electrons. The molecular weight excluding hydrogens is 300 g/mol. The molecule has 1 aliphatic rings. The van der Waals surface area contributed by atoms with Gasteiger partial charge in [0.25, 0.3) is 0 Å². The van der Waals surface area contributed by atoms with Gasteiger partial charge in [-0.2, -0.15) is 0 Å². The van der Waals surface area contributed by atoms with Gasteiger partial charge in [-0.1, -0.05) is 34.8 Å². The molecule has 0 bridgehead atoms. The van der Waals surface area contributed by atoms with Gasteiger partial charge in [0.15, 0.2) is 0 Å². The SMILES string of the molecule is O=C(OCC(Cl)(Cl)Cl)N1CC[C@H](Cl)[C@@H](O)C1. The molecule has 1 amide bonds. The molecule has 0 aromatic rings.